The molecule has 0 radical (unpaired) electrons. The van der Waals surface area contributed by atoms with Crippen LogP contribution >= 0.6 is 11.8 Å². The van der Waals surface area contributed by atoms with Crippen molar-refractivity contribution < 1.29 is 19.5 Å². The molecule has 4 aliphatic rings. The van der Waals surface area contributed by atoms with Gasteiger partial charge in [-0.2, -0.15) is 0 Å². The topological polar surface area (TPSA) is 81.2 Å². The van der Waals surface area contributed by atoms with Crippen molar-refractivity contribution in [1.29, 1.82) is 0 Å². The van der Waals surface area contributed by atoms with E-state index in [2.05, 4.69) is 6.08 Å². The van der Waals surface area contributed by atoms with Gasteiger partial charge in [-0.15, -0.1) is 11.8 Å². The standard InChI is InChI=1S/C36H37N3O4S/c1-3-19-37-20-9-17-35(2)29(32(37)41)30-33(42)39(28(23-40)25-12-5-4-6-13-25)31-34(43)38(21-10-18-36(30,31)44-35)27-16-15-24-11-7-8-14-26(24)22-27/h4-18,22,28-31,40H,3,19-21,23H2,1-2H3/t28-,29+,30+,31?,35-,36+/m1/s1. The van der Waals surface area contributed by atoms with Crippen LogP contribution in [0.15, 0.2) is 97.1 Å². The summed E-state index contributed by atoms with van der Waals surface area (Å²) >= 11 is 1.57. The van der Waals surface area contributed by atoms with Gasteiger partial charge in [0, 0.05) is 30.1 Å². The quantitative estimate of drug-likeness (QED) is 0.401. The minimum Gasteiger partial charge on any atom is -0.394 e. The van der Waals surface area contributed by atoms with Crippen LogP contribution in [0.5, 0.6) is 0 Å². The summed E-state index contributed by atoms with van der Waals surface area (Å²) < 4.78 is -1.66. The molecule has 0 saturated carbocycles. The number of hydrogen-bond donors (Lipinski definition) is 1. The average Bonchev–Trinajstić information content (AvgIpc) is 3.31. The molecule has 7 nitrogen and oxygen atoms in total. The smallest absolute Gasteiger partial charge is 0.251 e. The Balaban J connectivity index is 1.40. The molecule has 4 heterocycles. The molecule has 1 spiro atoms. The zero-order valence-corrected chi connectivity index (χ0v) is 25.8. The Bertz CT molecular complexity index is 1690. The van der Waals surface area contributed by atoms with E-state index in [9.17, 15) is 14.7 Å². The van der Waals surface area contributed by atoms with Gasteiger partial charge in [0.1, 0.15) is 6.04 Å². The number of anilines is 1. The third-order valence-corrected chi connectivity index (χ3v) is 11.6. The van der Waals surface area contributed by atoms with E-state index in [1.54, 1.807) is 21.6 Å². The van der Waals surface area contributed by atoms with Crippen molar-refractivity contribution in [2.45, 2.75) is 41.8 Å². The van der Waals surface area contributed by atoms with Crippen molar-refractivity contribution in [2.24, 2.45) is 11.8 Å². The third kappa shape index (κ3) is 4.25. The molecule has 0 bridgehead atoms. The second-order valence-corrected chi connectivity index (χ2v) is 14.2. The minimum atomic E-state index is -0.989. The molecule has 2 fully saturated rings. The van der Waals surface area contributed by atoms with Crippen LogP contribution in [0.4, 0.5) is 5.69 Å². The van der Waals surface area contributed by atoms with Crippen LogP contribution in [-0.2, 0) is 14.4 Å². The Kier molecular flexibility index (Phi) is 7.17. The SMILES string of the molecule is CCCN1CC=C[C@@]2(C)S[C@]34C=CCN(c5ccc6ccccc6c5)C(=O)C3N([C@H](CO)c3ccccc3)C(=O)[C@@H]4[C@H]2C1=O. The van der Waals surface area contributed by atoms with E-state index in [1.807, 2.05) is 110 Å². The Hall–Kier alpha value is -3.88. The number of thioether (sulfide) groups is 1. The number of likely N-dealkylation sites (tertiary alicyclic amines) is 1. The van der Waals surface area contributed by atoms with Crippen molar-refractivity contribution in [3.63, 3.8) is 0 Å². The van der Waals surface area contributed by atoms with Gasteiger partial charge in [-0.1, -0.05) is 91.9 Å². The molecule has 1 unspecified atom stereocenters. The molecule has 8 heteroatoms. The highest BCUT2D eigenvalue weighted by Crippen LogP contribution is 2.66. The fourth-order valence-electron chi connectivity index (χ4n) is 7.92. The zero-order valence-electron chi connectivity index (χ0n) is 25.0. The lowest BCUT2D eigenvalue weighted by Gasteiger charge is -2.40. The maximum atomic E-state index is 15.0. The molecular formula is C36H37N3O4S. The molecule has 7 rings (SSSR count). The van der Waals surface area contributed by atoms with Crippen molar-refractivity contribution in [3.05, 3.63) is 103 Å². The normalized spacial score (nSPS) is 30.3. The van der Waals surface area contributed by atoms with Gasteiger partial charge in [-0.25, -0.2) is 0 Å². The molecule has 3 aromatic carbocycles. The van der Waals surface area contributed by atoms with Gasteiger partial charge in [0.25, 0.3) is 5.91 Å². The van der Waals surface area contributed by atoms with E-state index in [4.69, 9.17) is 0 Å². The first-order valence-corrected chi connectivity index (χ1v) is 16.3. The highest BCUT2D eigenvalue weighted by atomic mass is 32.2. The number of hydrogen-bond acceptors (Lipinski definition) is 5. The van der Waals surface area contributed by atoms with Crippen LogP contribution in [0.2, 0.25) is 0 Å². The van der Waals surface area contributed by atoms with Gasteiger partial charge in [0.05, 0.1) is 29.2 Å². The maximum Gasteiger partial charge on any atom is 0.251 e. The molecule has 4 aliphatic heterocycles. The van der Waals surface area contributed by atoms with E-state index in [-0.39, 0.29) is 24.3 Å². The maximum absolute atomic E-state index is 15.0. The summed E-state index contributed by atoms with van der Waals surface area (Å²) in [6.45, 7) is 5.20. The van der Waals surface area contributed by atoms with Crippen LogP contribution in [0.3, 0.4) is 0 Å². The lowest BCUT2D eigenvalue weighted by Crippen LogP contribution is -2.54. The first kappa shape index (κ1) is 28.9. The first-order chi connectivity index (χ1) is 21.3. The molecule has 3 aromatic rings. The fraction of sp³-hybridized carbons (Fsp3) is 0.361. The minimum absolute atomic E-state index is 0.0422. The van der Waals surface area contributed by atoms with Crippen molar-refractivity contribution >= 4 is 45.9 Å². The molecular weight excluding hydrogens is 570 g/mol. The lowest BCUT2D eigenvalue weighted by molar-refractivity contribution is -0.145. The fourth-order valence-corrected chi connectivity index (χ4v) is 10.1. The van der Waals surface area contributed by atoms with Crippen LogP contribution in [-0.4, -0.2) is 74.4 Å². The van der Waals surface area contributed by atoms with E-state index in [0.29, 0.717) is 19.6 Å². The van der Waals surface area contributed by atoms with E-state index in [1.165, 1.54) is 0 Å². The molecule has 226 valence electrons. The van der Waals surface area contributed by atoms with Crippen LogP contribution in [0, 0.1) is 11.8 Å². The third-order valence-electron chi connectivity index (χ3n) is 9.81. The molecule has 2 saturated heterocycles. The molecule has 0 aromatic heterocycles. The highest BCUT2D eigenvalue weighted by Gasteiger charge is 2.74. The Morgan fingerprint density at radius 1 is 0.864 bits per heavy atom. The monoisotopic (exact) mass is 607 g/mol. The number of carbonyl (C=O) groups excluding carboxylic acids is 3. The van der Waals surface area contributed by atoms with E-state index < -0.39 is 33.4 Å². The summed E-state index contributed by atoms with van der Waals surface area (Å²) in [5.74, 6) is -1.90. The van der Waals surface area contributed by atoms with Crippen LogP contribution < -0.4 is 4.90 Å². The molecule has 1 N–H and O–H groups in total. The molecule has 3 amide bonds. The van der Waals surface area contributed by atoms with Gasteiger partial charge in [-0.05, 0) is 41.8 Å². The summed E-state index contributed by atoms with van der Waals surface area (Å²) in [6, 6.07) is 21.8. The number of fused-ring (bicyclic) bond motifs is 3. The summed E-state index contributed by atoms with van der Waals surface area (Å²) in [5.41, 5.74) is 1.50. The predicted octanol–water partition coefficient (Wildman–Crippen LogP) is 4.97. The highest BCUT2D eigenvalue weighted by molar-refractivity contribution is 8.02. The average molecular weight is 608 g/mol. The number of benzene rings is 3. The van der Waals surface area contributed by atoms with Gasteiger partial charge >= 0.3 is 0 Å². The van der Waals surface area contributed by atoms with Crippen molar-refractivity contribution in [2.75, 3.05) is 31.1 Å². The Morgan fingerprint density at radius 2 is 1.59 bits per heavy atom. The summed E-state index contributed by atoms with van der Waals surface area (Å²) in [7, 11) is 0. The second-order valence-electron chi connectivity index (χ2n) is 12.4. The van der Waals surface area contributed by atoms with Gasteiger partial charge in [-0.3, -0.25) is 14.4 Å². The predicted molar refractivity (Wildman–Crippen MR) is 174 cm³/mol. The van der Waals surface area contributed by atoms with Gasteiger partial charge in [0.2, 0.25) is 11.8 Å². The number of aliphatic hydroxyl groups is 1. The Labute approximate surface area is 262 Å². The van der Waals surface area contributed by atoms with Crippen molar-refractivity contribution in [3.8, 4) is 0 Å². The lowest BCUT2D eigenvalue weighted by atomic mass is 9.74. The molecule has 44 heavy (non-hydrogen) atoms. The Morgan fingerprint density at radius 3 is 2.34 bits per heavy atom. The largest absolute Gasteiger partial charge is 0.394 e. The van der Waals surface area contributed by atoms with Gasteiger partial charge < -0.3 is 19.8 Å². The summed E-state index contributed by atoms with van der Waals surface area (Å²) in [4.78, 5) is 49.5. The van der Waals surface area contributed by atoms with Gasteiger partial charge in [0.15, 0.2) is 0 Å². The molecule has 6 atom stereocenters. The number of amides is 3. The van der Waals surface area contributed by atoms with Crippen LogP contribution in [0.1, 0.15) is 31.9 Å². The van der Waals surface area contributed by atoms with E-state index in [0.717, 1.165) is 28.4 Å². The number of aliphatic hydroxyl groups excluding tert-OH is 1. The molecule has 0 aliphatic carbocycles. The first-order valence-electron chi connectivity index (χ1n) is 15.5. The summed E-state index contributed by atoms with van der Waals surface area (Å²) in [6.07, 6.45) is 8.97. The zero-order chi connectivity index (χ0) is 30.6. The van der Waals surface area contributed by atoms with Crippen molar-refractivity contribution in [1.82, 2.24) is 9.80 Å². The summed E-state index contributed by atoms with van der Waals surface area (Å²) in [5, 5.41) is 12.9. The number of carbonyl (C=O) groups is 3. The van der Waals surface area contributed by atoms with Crippen LogP contribution in [0.25, 0.3) is 10.8 Å². The number of rotatable bonds is 6. The second kappa shape index (κ2) is 10.9. The van der Waals surface area contributed by atoms with E-state index >= 15 is 4.79 Å². The number of nitrogens with zero attached hydrogens (tertiary/aromatic N) is 3.